The summed E-state index contributed by atoms with van der Waals surface area (Å²) in [6.45, 7) is 6.32. The number of aryl methyl sites for hydroxylation is 1. The van der Waals surface area contributed by atoms with E-state index in [2.05, 4.69) is 5.32 Å². The molecule has 1 N–H and O–H groups in total. The van der Waals surface area contributed by atoms with Crippen LogP contribution in [0.4, 0.5) is 0 Å². The average Bonchev–Trinajstić information content (AvgIpc) is 2.64. The van der Waals surface area contributed by atoms with Crippen molar-refractivity contribution >= 4 is 24.2 Å². The number of ether oxygens (including phenoxy) is 1. The second-order valence-corrected chi connectivity index (χ2v) is 6.37. The zero-order valence-corrected chi connectivity index (χ0v) is 15.4. The first kappa shape index (κ1) is 19.7. The number of hydrogen-bond acceptors (Lipinski definition) is 4. The van der Waals surface area contributed by atoms with Crippen LogP contribution in [0.15, 0.2) is 24.3 Å². The minimum atomic E-state index is -0.382. The Morgan fingerprint density at radius 1 is 1.16 bits per heavy atom. The van der Waals surface area contributed by atoms with E-state index < -0.39 is 0 Å². The van der Waals surface area contributed by atoms with Crippen molar-refractivity contribution in [2.75, 3.05) is 45.9 Å². The molecule has 25 heavy (non-hydrogen) atoms. The second-order valence-electron chi connectivity index (χ2n) is 6.37. The van der Waals surface area contributed by atoms with Crippen LogP contribution in [0, 0.1) is 6.92 Å². The molecule has 0 aliphatic carbocycles. The highest BCUT2D eigenvalue weighted by molar-refractivity contribution is 5.85. The maximum Gasteiger partial charge on any atom is 0.253 e. The number of piperazine rings is 1. The molecule has 2 saturated heterocycles. The SMILES string of the molecule is Cc1ccccc1CC(=O)N1CCN(C(=O)C2CNCCO2)CC1.Cl. The molecule has 6 nitrogen and oxygen atoms in total. The van der Waals surface area contributed by atoms with E-state index in [1.807, 2.05) is 41.0 Å². The highest BCUT2D eigenvalue weighted by Gasteiger charge is 2.30. The fourth-order valence-electron chi connectivity index (χ4n) is 3.19. The van der Waals surface area contributed by atoms with Crippen molar-refractivity contribution in [3.8, 4) is 0 Å². The molecule has 0 radical (unpaired) electrons. The fourth-order valence-corrected chi connectivity index (χ4v) is 3.19. The summed E-state index contributed by atoms with van der Waals surface area (Å²) < 4.78 is 5.53. The normalized spacial score (nSPS) is 20.8. The van der Waals surface area contributed by atoms with Gasteiger partial charge in [-0.25, -0.2) is 0 Å². The highest BCUT2D eigenvalue weighted by Crippen LogP contribution is 2.12. The Hall–Kier alpha value is -1.63. The molecule has 2 heterocycles. The zero-order chi connectivity index (χ0) is 16.9. The molecule has 0 spiro atoms. The van der Waals surface area contributed by atoms with Crippen molar-refractivity contribution in [3.05, 3.63) is 35.4 Å². The van der Waals surface area contributed by atoms with Gasteiger partial charge in [0.25, 0.3) is 5.91 Å². The number of benzene rings is 1. The Balaban J connectivity index is 0.00000225. The molecule has 1 aromatic rings. The van der Waals surface area contributed by atoms with Crippen LogP contribution < -0.4 is 5.32 Å². The van der Waals surface area contributed by atoms with E-state index in [0.29, 0.717) is 45.8 Å². The first-order chi connectivity index (χ1) is 11.6. The molecule has 1 atom stereocenters. The van der Waals surface area contributed by atoms with Crippen LogP contribution >= 0.6 is 12.4 Å². The highest BCUT2D eigenvalue weighted by atomic mass is 35.5. The molecule has 1 unspecified atom stereocenters. The molecule has 0 bridgehead atoms. The summed E-state index contributed by atoms with van der Waals surface area (Å²) in [5.74, 6) is 0.167. The molecule has 3 rings (SSSR count). The molecular weight excluding hydrogens is 342 g/mol. The smallest absolute Gasteiger partial charge is 0.253 e. The minimum absolute atomic E-state index is 0. The number of morpholine rings is 1. The van der Waals surface area contributed by atoms with Gasteiger partial charge in [-0.1, -0.05) is 24.3 Å². The molecule has 0 aromatic heterocycles. The lowest BCUT2D eigenvalue weighted by atomic mass is 10.1. The molecular formula is C18H26ClN3O3. The molecule has 0 saturated carbocycles. The average molecular weight is 368 g/mol. The van der Waals surface area contributed by atoms with E-state index in [-0.39, 0.29) is 30.3 Å². The van der Waals surface area contributed by atoms with Crippen molar-refractivity contribution in [2.24, 2.45) is 0 Å². The number of nitrogens with one attached hydrogen (secondary N) is 1. The van der Waals surface area contributed by atoms with E-state index >= 15 is 0 Å². The topological polar surface area (TPSA) is 61.9 Å². The standard InChI is InChI=1S/C18H25N3O3.ClH/c1-14-4-2-3-5-15(14)12-17(22)20-7-9-21(10-8-20)18(23)16-13-19-6-11-24-16;/h2-5,16,19H,6-13H2,1H3;1H. The molecule has 2 amide bonds. The number of halogens is 1. The van der Waals surface area contributed by atoms with Crippen LogP contribution in [-0.4, -0.2) is 73.6 Å². The molecule has 2 fully saturated rings. The third kappa shape index (κ3) is 4.93. The third-order valence-corrected chi connectivity index (χ3v) is 4.75. The first-order valence-corrected chi connectivity index (χ1v) is 8.58. The minimum Gasteiger partial charge on any atom is -0.366 e. The van der Waals surface area contributed by atoms with E-state index in [9.17, 15) is 9.59 Å². The number of rotatable bonds is 3. The summed E-state index contributed by atoms with van der Waals surface area (Å²) in [7, 11) is 0. The van der Waals surface area contributed by atoms with Gasteiger partial charge in [0.2, 0.25) is 5.91 Å². The van der Waals surface area contributed by atoms with Crippen molar-refractivity contribution in [2.45, 2.75) is 19.4 Å². The number of hydrogen-bond donors (Lipinski definition) is 1. The Bertz CT molecular complexity index is 597. The lowest BCUT2D eigenvalue weighted by Gasteiger charge is -2.37. The van der Waals surface area contributed by atoms with Gasteiger partial charge < -0.3 is 19.9 Å². The van der Waals surface area contributed by atoms with Gasteiger partial charge in [-0.2, -0.15) is 0 Å². The molecule has 1 aromatic carbocycles. The number of carbonyl (C=O) groups excluding carboxylic acids is 2. The van der Waals surface area contributed by atoms with Gasteiger partial charge >= 0.3 is 0 Å². The molecule has 7 heteroatoms. The van der Waals surface area contributed by atoms with Gasteiger partial charge in [0.05, 0.1) is 13.0 Å². The van der Waals surface area contributed by atoms with Crippen molar-refractivity contribution in [1.82, 2.24) is 15.1 Å². The van der Waals surface area contributed by atoms with Crippen molar-refractivity contribution < 1.29 is 14.3 Å². The van der Waals surface area contributed by atoms with Crippen molar-refractivity contribution in [1.29, 1.82) is 0 Å². The van der Waals surface area contributed by atoms with Gasteiger partial charge in [-0.05, 0) is 18.1 Å². The van der Waals surface area contributed by atoms with Crippen LogP contribution in [0.5, 0.6) is 0 Å². The number of amides is 2. The van der Waals surface area contributed by atoms with Gasteiger partial charge in [0, 0.05) is 39.3 Å². The van der Waals surface area contributed by atoms with Crippen molar-refractivity contribution in [3.63, 3.8) is 0 Å². The summed E-state index contributed by atoms with van der Waals surface area (Å²) in [6.07, 6.45) is 0.0454. The van der Waals surface area contributed by atoms with Gasteiger partial charge in [0.1, 0.15) is 6.10 Å². The lowest BCUT2D eigenvalue weighted by molar-refractivity contribution is -0.149. The van der Waals surface area contributed by atoms with E-state index in [1.54, 1.807) is 0 Å². The summed E-state index contributed by atoms with van der Waals surface area (Å²) in [5.41, 5.74) is 2.21. The maximum absolute atomic E-state index is 12.5. The van der Waals surface area contributed by atoms with Crippen LogP contribution in [0.25, 0.3) is 0 Å². The predicted octanol–water partition coefficient (Wildman–Crippen LogP) is 0.619. The lowest BCUT2D eigenvalue weighted by Crippen LogP contribution is -2.56. The number of nitrogens with zero attached hydrogens (tertiary/aromatic N) is 2. The Kier molecular flexibility index (Phi) is 7.23. The second kappa shape index (κ2) is 9.17. The third-order valence-electron chi connectivity index (χ3n) is 4.75. The summed E-state index contributed by atoms with van der Waals surface area (Å²) in [4.78, 5) is 28.6. The van der Waals surface area contributed by atoms with Gasteiger partial charge in [0.15, 0.2) is 0 Å². The quantitative estimate of drug-likeness (QED) is 0.850. The Morgan fingerprint density at radius 3 is 2.48 bits per heavy atom. The monoisotopic (exact) mass is 367 g/mol. The van der Waals surface area contributed by atoms with E-state index in [1.165, 1.54) is 0 Å². The summed E-state index contributed by atoms with van der Waals surface area (Å²) in [6, 6.07) is 7.97. The summed E-state index contributed by atoms with van der Waals surface area (Å²) in [5, 5.41) is 3.18. The van der Waals surface area contributed by atoms with Crippen LogP contribution in [-0.2, 0) is 20.7 Å². The largest absolute Gasteiger partial charge is 0.366 e. The van der Waals surface area contributed by atoms with Gasteiger partial charge in [-0.15, -0.1) is 12.4 Å². The fraction of sp³-hybridized carbons (Fsp3) is 0.556. The Labute approximate surface area is 154 Å². The Morgan fingerprint density at radius 2 is 1.84 bits per heavy atom. The predicted molar refractivity (Wildman–Crippen MR) is 97.9 cm³/mol. The van der Waals surface area contributed by atoms with Crippen LogP contribution in [0.2, 0.25) is 0 Å². The zero-order valence-electron chi connectivity index (χ0n) is 14.6. The summed E-state index contributed by atoms with van der Waals surface area (Å²) >= 11 is 0. The number of carbonyl (C=O) groups is 2. The molecule has 138 valence electrons. The molecule has 2 aliphatic heterocycles. The van der Waals surface area contributed by atoms with Gasteiger partial charge in [-0.3, -0.25) is 9.59 Å². The van der Waals surface area contributed by atoms with E-state index in [4.69, 9.17) is 4.74 Å². The first-order valence-electron chi connectivity index (χ1n) is 8.58. The maximum atomic E-state index is 12.5. The van der Waals surface area contributed by atoms with E-state index in [0.717, 1.165) is 17.7 Å². The van der Waals surface area contributed by atoms with Crippen LogP contribution in [0.3, 0.4) is 0 Å². The molecule has 2 aliphatic rings. The van der Waals surface area contributed by atoms with Crippen LogP contribution in [0.1, 0.15) is 11.1 Å².